The smallest absolute Gasteiger partial charge is 0.0731 e. The average Bonchev–Trinajstić information content (AvgIpc) is 2.64. The summed E-state index contributed by atoms with van der Waals surface area (Å²) in [4.78, 5) is 2.79. The molecule has 17 heavy (non-hydrogen) atoms. The highest BCUT2D eigenvalue weighted by Gasteiger charge is 2.10. The Labute approximate surface area is 109 Å². The molecule has 0 aliphatic heterocycles. The summed E-state index contributed by atoms with van der Waals surface area (Å²) in [5, 5.41) is 3.36. The summed E-state index contributed by atoms with van der Waals surface area (Å²) in [6.07, 6.45) is 0.325. The van der Waals surface area contributed by atoms with Gasteiger partial charge in [0.1, 0.15) is 0 Å². The molecule has 0 fully saturated rings. The van der Waals surface area contributed by atoms with Crippen molar-refractivity contribution in [1.29, 1.82) is 0 Å². The number of hydrogen-bond donors (Lipinski definition) is 1. The van der Waals surface area contributed by atoms with E-state index in [1.165, 1.54) is 15.3 Å². The molecule has 1 aromatic rings. The van der Waals surface area contributed by atoms with Gasteiger partial charge in [-0.1, -0.05) is 20.8 Å². The second kappa shape index (κ2) is 7.14. The maximum Gasteiger partial charge on any atom is 0.0731 e. The molecule has 0 saturated heterocycles. The fourth-order valence-electron chi connectivity index (χ4n) is 1.48. The lowest BCUT2D eigenvalue weighted by atomic mass is 10.1. The van der Waals surface area contributed by atoms with E-state index >= 15 is 0 Å². The van der Waals surface area contributed by atoms with Gasteiger partial charge in [0.05, 0.1) is 12.7 Å². The minimum atomic E-state index is 0.325. The largest absolute Gasteiger partial charge is 0.374 e. The Hall–Kier alpha value is -0.380. The number of thiophene rings is 1. The third kappa shape index (κ3) is 4.78. The van der Waals surface area contributed by atoms with E-state index in [0.717, 1.165) is 19.7 Å². The summed E-state index contributed by atoms with van der Waals surface area (Å²) in [6.45, 7) is 13.6. The van der Waals surface area contributed by atoms with Crippen molar-refractivity contribution in [3.63, 3.8) is 0 Å². The molecule has 1 unspecified atom stereocenters. The highest BCUT2D eigenvalue weighted by atomic mass is 32.1. The first-order valence-electron chi connectivity index (χ1n) is 6.45. The second-order valence-electron chi connectivity index (χ2n) is 4.83. The van der Waals surface area contributed by atoms with Gasteiger partial charge in [0.25, 0.3) is 0 Å². The zero-order valence-corrected chi connectivity index (χ0v) is 12.5. The lowest BCUT2D eigenvalue weighted by Gasteiger charge is -2.16. The fraction of sp³-hybridized carbons (Fsp3) is 0.714. The number of aryl methyl sites for hydroxylation is 1. The van der Waals surface area contributed by atoms with Crippen molar-refractivity contribution in [2.24, 2.45) is 5.92 Å². The molecule has 0 aliphatic rings. The van der Waals surface area contributed by atoms with Crippen LogP contribution in [-0.4, -0.2) is 12.6 Å². The lowest BCUT2D eigenvalue weighted by Crippen LogP contribution is -2.15. The van der Waals surface area contributed by atoms with E-state index in [-0.39, 0.29) is 0 Å². The van der Waals surface area contributed by atoms with Crippen LogP contribution in [0.4, 0.5) is 0 Å². The lowest BCUT2D eigenvalue weighted by molar-refractivity contribution is 0.0234. The van der Waals surface area contributed by atoms with Crippen molar-refractivity contribution in [2.45, 2.75) is 53.9 Å². The van der Waals surface area contributed by atoms with E-state index in [1.807, 2.05) is 11.3 Å². The Balaban J connectivity index is 2.50. The maximum atomic E-state index is 5.87. The molecule has 0 amide bonds. The molecule has 0 aromatic carbocycles. The fourth-order valence-corrected chi connectivity index (χ4v) is 2.50. The first-order chi connectivity index (χ1) is 8.04. The normalized spacial score (nSPS) is 13.3. The first kappa shape index (κ1) is 14.7. The Morgan fingerprint density at radius 3 is 2.65 bits per heavy atom. The second-order valence-corrected chi connectivity index (χ2v) is 6.18. The molecule has 0 radical (unpaired) electrons. The molecule has 3 heteroatoms. The van der Waals surface area contributed by atoms with E-state index < -0.39 is 0 Å². The molecule has 1 rings (SSSR count). The molecule has 0 spiro atoms. The van der Waals surface area contributed by atoms with Crippen molar-refractivity contribution in [3.05, 3.63) is 21.4 Å². The van der Waals surface area contributed by atoms with Gasteiger partial charge in [0.15, 0.2) is 0 Å². The Bertz CT molecular complexity index is 333. The van der Waals surface area contributed by atoms with Crippen LogP contribution in [0.2, 0.25) is 0 Å². The Morgan fingerprint density at radius 1 is 1.35 bits per heavy atom. The summed E-state index contributed by atoms with van der Waals surface area (Å²) >= 11 is 1.87. The number of hydrogen-bond acceptors (Lipinski definition) is 3. The van der Waals surface area contributed by atoms with E-state index in [1.54, 1.807) is 0 Å². The standard InChI is InChI=1S/C14H25NOS/c1-6-15-8-14-7-13(12(5)17-14)9-16-11(4)10(2)3/h7,10-11,15H,6,8-9H2,1-5H3. The van der Waals surface area contributed by atoms with Gasteiger partial charge in [-0.3, -0.25) is 0 Å². The van der Waals surface area contributed by atoms with Gasteiger partial charge in [-0.15, -0.1) is 11.3 Å². The first-order valence-corrected chi connectivity index (χ1v) is 7.26. The Kier molecular flexibility index (Phi) is 6.17. The van der Waals surface area contributed by atoms with Crippen molar-refractivity contribution in [2.75, 3.05) is 6.54 Å². The summed E-state index contributed by atoms with van der Waals surface area (Å²) in [5.41, 5.74) is 1.34. The van der Waals surface area contributed by atoms with Gasteiger partial charge in [0, 0.05) is 16.3 Å². The predicted molar refractivity (Wildman–Crippen MR) is 75.5 cm³/mol. The minimum Gasteiger partial charge on any atom is -0.374 e. The average molecular weight is 255 g/mol. The molecule has 0 aliphatic carbocycles. The summed E-state index contributed by atoms with van der Waals surface area (Å²) < 4.78 is 5.87. The van der Waals surface area contributed by atoms with E-state index in [2.05, 4.69) is 46.0 Å². The maximum absolute atomic E-state index is 5.87. The highest BCUT2D eigenvalue weighted by Crippen LogP contribution is 2.23. The molecule has 0 bridgehead atoms. The van der Waals surface area contributed by atoms with Crippen LogP contribution in [0.15, 0.2) is 6.07 Å². The van der Waals surface area contributed by atoms with Gasteiger partial charge >= 0.3 is 0 Å². The van der Waals surface area contributed by atoms with Crippen LogP contribution in [0.25, 0.3) is 0 Å². The molecule has 1 heterocycles. The minimum absolute atomic E-state index is 0.325. The van der Waals surface area contributed by atoms with Crippen molar-refractivity contribution < 1.29 is 4.74 Å². The molecule has 0 saturated carbocycles. The molecular formula is C14H25NOS. The summed E-state index contributed by atoms with van der Waals surface area (Å²) in [7, 11) is 0. The van der Waals surface area contributed by atoms with Crippen LogP contribution in [0, 0.1) is 12.8 Å². The Morgan fingerprint density at radius 2 is 2.06 bits per heavy atom. The molecule has 1 N–H and O–H groups in total. The van der Waals surface area contributed by atoms with Crippen LogP contribution in [0.5, 0.6) is 0 Å². The van der Waals surface area contributed by atoms with Gasteiger partial charge in [-0.2, -0.15) is 0 Å². The van der Waals surface area contributed by atoms with Crippen molar-refractivity contribution >= 4 is 11.3 Å². The molecule has 1 atom stereocenters. The van der Waals surface area contributed by atoms with Crippen LogP contribution in [0.3, 0.4) is 0 Å². The third-order valence-electron chi connectivity index (χ3n) is 3.06. The highest BCUT2D eigenvalue weighted by molar-refractivity contribution is 7.12. The van der Waals surface area contributed by atoms with Gasteiger partial charge in [0.2, 0.25) is 0 Å². The number of rotatable bonds is 7. The molecular weight excluding hydrogens is 230 g/mol. The summed E-state index contributed by atoms with van der Waals surface area (Å²) in [6, 6.07) is 2.27. The van der Waals surface area contributed by atoms with Crippen molar-refractivity contribution in [3.8, 4) is 0 Å². The number of nitrogens with one attached hydrogen (secondary N) is 1. The predicted octanol–water partition coefficient (Wildman–Crippen LogP) is 3.73. The zero-order valence-electron chi connectivity index (χ0n) is 11.7. The third-order valence-corrected chi connectivity index (χ3v) is 4.15. The summed E-state index contributed by atoms with van der Waals surface area (Å²) in [5.74, 6) is 0.579. The van der Waals surface area contributed by atoms with Crippen LogP contribution in [0.1, 0.15) is 43.0 Å². The van der Waals surface area contributed by atoms with Crippen LogP contribution < -0.4 is 5.32 Å². The van der Waals surface area contributed by atoms with Gasteiger partial charge < -0.3 is 10.1 Å². The van der Waals surface area contributed by atoms with E-state index in [9.17, 15) is 0 Å². The quantitative estimate of drug-likeness (QED) is 0.801. The van der Waals surface area contributed by atoms with Gasteiger partial charge in [-0.25, -0.2) is 0 Å². The van der Waals surface area contributed by atoms with Crippen molar-refractivity contribution in [1.82, 2.24) is 5.32 Å². The topological polar surface area (TPSA) is 21.3 Å². The molecule has 2 nitrogen and oxygen atoms in total. The molecule has 98 valence electrons. The monoisotopic (exact) mass is 255 g/mol. The van der Waals surface area contributed by atoms with E-state index in [4.69, 9.17) is 4.74 Å². The number of ether oxygens (including phenoxy) is 1. The van der Waals surface area contributed by atoms with Crippen LogP contribution >= 0.6 is 11.3 Å². The van der Waals surface area contributed by atoms with Gasteiger partial charge in [-0.05, 0) is 37.9 Å². The van der Waals surface area contributed by atoms with E-state index in [0.29, 0.717) is 12.0 Å². The zero-order chi connectivity index (χ0) is 12.8. The molecule has 1 aromatic heterocycles. The van der Waals surface area contributed by atoms with Crippen LogP contribution in [-0.2, 0) is 17.9 Å². The SMILES string of the molecule is CCNCc1cc(COC(C)C(C)C)c(C)s1.